The Hall–Kier alpha value is -2.90. The third-order valence-electron chi connectivity index (χ3n) is 7.15. The number of ether oxygens (including phenoxy) is 1. The van der Waals surface area contributed by atoms with Gasteiger partial charge in [0.05, 0.1) is 11.0 Å². The van der Waals surface area contributed by atoms with E-state index in [9.17, 15) is 14.7 Å². The maximum Gasteiger partial charge on any atom is 0.317 e. The number of fused-ring (bicyclic) bond motifs is 4. The number of piperidine rings is 1. The zero-order chi connectivity index (χ0) is 21.1. The molecule has 1 fully saturated rings. The highest BCUT2D eigenvalue weighted by Gasteiger charge is 2.39. The Kier molecular flexibility index (Phi) is 4.30. The Morgan fingerprint density at radius 2 is 1.97 bits per heavy atom. The minimum absolute atomic E-state index is 0.0678. The Morgan fingerprint density at radius 3 is 2.87 bits per heavy atom. The SMILES string of the molecule is O=c1[nH]c2cccc3c2n(c1=O)[C@H]1CCN(CCCc2cccc4c2OCC4O)C[C@@H]31. The summed E-state index contributed by atoms with van der Waals surface area (Å²) in [6.45, 7) is 3.12. The summed E-state index contributed by atoms with van der Waals surface area (Å²) in [6, 6.07) is 12.0. The fraction of sp³-hybridized carbons (Fsp3) is 0.417. The lowest BCUT2D eigenvalue weighted by Gasteiger charge is -2.36. The molecule has 0 spiro atoms. The lowest BCUT2D eigenvalue weighted by Crippen LogP contribution is -2.43. The van der Waals surface area contributed by atoms with E-state index in [4.69, 9.17) is 4.74 Å². The van der Waals surface area contributed by atoms with Crippen molar-refractivity contribution in [3.8, 4) is 5.75 Å². The van der Waals surface area contributed by atoms with Crippen molar-refractivity contribution >= 4 is 11.0 Å². The highest BCUT2D eigenvalue weighted by molar-refractivity contribution is 5.81. The van der Waals surface area contributed by atoms with Crippen LogP contribution in [0.1, 0.15) is 47.6 Å². The van der Waals surface area contributed by atoms with E-state index in [2.05, 4.69) is 22.0 Å². The molecule has 2 N–H and O–H groups in total. The molecule has 2 aromatic carbocycles. The van der Waals surface area contributed by atoms with Crippen LogP contribution in [0.5, 0.6) is 5.75 Å². The summed E-state index contributed by atoms with van der Waals surface area (Å²) < 4.78 is 7.46. The molecule has 3 aliphatic rings. The zero-order valence-electron chi connectivity index (χ0n) is 17.2. The molecule has 1 saturated heterocycles. The van der Waals surface area contributed by atoms with Gasteiger partial charge in [-0.1, -0.05) is 30.3 Å². The molecule has 3 aromatic rings. The van der Waals surface area contributed by atoms with E-state index in [1.54, 1.807) is 4.57 Å². The molecular formula is C24H25N3O4. The first-order valence-corrected chi connectivity index (χ1v) is 11.0. The molecule has 0 saturated carbocycles. The molecule has 7 heteroatoms. The topological polar surface area (TPSA) is 87.6 Å². The minimum Gasteiger partial charge on any atom is -0.490 e. The predicted molar refractivity (Wildman–Crippen MR) is 117 cm³/mol. The number of aromatic nitrogens is 2. The van der Waals surface area contributed by atoms with E-state index in [0.717, 1.165) is 66.8 Å². The fourth-order valence-electron chi connectivity index (χ4n) is 5.74. The molecule has 0 amide bonds. The maximum atomic E-state index is 12.6. The molecule has 1 unspecified atom stereocenters. The molecule has 1 aromatic heterocycles. The molecule has 3 aliphatic heterocycles. The number of hydrogen-bond donors (Lipinski definition) is 2. The van der Waals surface area contributed by atoms with Crippen molar-refractivity contribution in [1.29, 1.82) is 0 Å². The normalized spacial score (nSPS) is 24.2. The van der Waals surface area contributed by atoms with Crippen molar-refractivity contribution in [2.45, 2.75) is 37.3 Å². The van der Waals surface area contributed by atoms with Crippen molar-refractivity contribution in [2.75, 3.05) is 26.2 Å². The molecule has 0 aliphatic carbocycles. The molecule has 0 bridgehead atoms. The van der Waals surface area contributed by atoms with E-state index in [1.165, 1.54) is 5.56 Å². The Labute approximate surface area is 178 Å². The number of para-hydroxylation sites is 2. The van der Waals surface area contributed by atoms with Gasteiger partial charge in [-0.05, 0) is 43.0 Å². The first kappa shape index (κ1) is 18.8. The highest BCUT2D eigenvalue weighted by Crippen LogP contribution is 2.44. The van der Waals surface area contributed by atoms with E-state index < -0.39 is 17.2 Å². The Balaban J connectivity index is 1.19. The van der Waals surface area contributed by atoms with Crippen molar-refractivity contribution < 1.29 is 9.84 Å². The summed E-state index contributed by atoms with van der Waals surface area (Å²) in [4.78, 5) is 29.9. The number of H-pyrrole nitrogens is 1. The van der Waals surface area contributed by atoms with Gasteiger partial charge >= 0.3 is 11.1 Å². The highest BCUT2D eigenvalue weighted by atomic mass is 16.5. The van der Waals surface area contributed by atoms with Crippen LogP contribution in [0.2, 0.25) is 0 Å². The van der Waals surface area contributed by atoms with Crippen molar-refractivity contribution in [3.63, 3.8) is 0 Å². The van der Waals surface area contributed by atoms with E-state index in [0.29, 0.717) is 6.61 Å². The smallest absolute Gasteiger partial charge is 0.317 e. The van der Waals surface area contributed by atoms with Crippen LogP contribution >= 0.6 is 0 Å². The Bertz CT molecular complexity index is 1290. The predicted octanol–water partition coefficient (Wildman–Crippen LogP) is 2.09. The maximum absolute atomic E-state index is 12.6. The van der Waals surface area contributed by atoms with Crippen LogP contribution in [0.3, 0.4) is 0 Å². The summed E-state index contributed by atoms with van der Waals surface area (Å²) in [5, 5.41) is 10.0. The second-order valence-corrected chi connectivity index (χ2v) is 8.90. The molecule has 0 radical (unpaired) electrons. The van der Waals surface area contributed by atoms with E-state index in [1.807, 2.05) is 24.3 Å². The molecule has 3 atom stereocenters. The number of aliphatic hydroxyl groups excluding tert-OH is 1. The number of aromatic amines is 1. The quantitative estimate of drug-likeness (QED) is 0.633. The van der Waals surface area contributed by atoms with E-state index >= 15 is 0 Å². The number of nitrogens with zero attached hydrogens (tertiary/aromatic N) is 2. The molecular weight excluding hydrogens is 394 g/mol. The zero-order valence-corrected chi connectivity index (χ0v) is 17.2. The van der Waals surface area contributed by atoms with Crippen LogP contribution in [0, 0.1) is 0 Å². The van der Waals surface area contributed by atoms with Gasteiger partial charge in [0.2, 0.25) is 0 Å². The number of aliphatic hydroxyl groups is 1. The molecule has 6 rings (SSSR count). The number of nitrogens with one attached hydrogen (secondary N) is 1. The molecule has 160 valence electrons. The van der Waals surface area contributed by atoms with Crippen LogP contribution in [-0.2, 0) is 6.42 Å². The number of hydrogen-bond acceptors (Lipinski definition) is 5. The lowest BCUT2D eigenvalue weighted by molar-refractivity contribution is 0.140. The van der Waals surface area contributed by atoms with Gasteiger partial charge in [0.15, 0.2) is 0 Å². The summed E-state index contributed by atoms with van der Waals surface area (Å²) in [6.07, 6.45) is 2.26. The van der Waals surface area contributed by atoms with Gasteiger partial charge in [0.1, 0.15) is 18.5 Å². The van der Waals surface area contributed by atoms with Crippen molar-refractivity contribution in [3.05, 3.63) is 73.8 Å². The van der Waals surface area contributed by atoms with Gasteiger partial charge in [-0.3, -0.25) is 14.2 Å². The van der Waals surface area contributed by atoms with Crippen LogP contribution in [-0.4, -0.2) is 45.8 Å². The number of likely N-dealkylation sites (tertiary alicyclic amines) is 1. The van der Waals surface area contributed by atoms with Crippen LogP contribution < -0.4 is 15.9 Å². The average Bonchev–Trinajstić information content (AvgIpc) is 3.32. The van der Waals surface area contributed by atoms with Crippen LogP contribution in [0.4, 0.5) is 0 Å². The second-order valence-electron chi connectivity index (χ2n) is 8.90. The van der Waals surface area contributed by atoms with Gasteiger partial charge in [0, 0.05) is 30.6 Å². The molecule has 31 heavy (non-hydrogen) atoms. The van der Waals surface area contributed by atoms with Crippen LogP contribution in [0.25, 0.3) is 11.0 Å². The monoisotopic (exact) mass is 419 g/mol. The van der Waals surface area contributed by atoms with E-state index in [-0.39, 0.29) is 12.0 Å². The van der Waals surface area contributed by atoms with Gasteiger partial charge in [-0.15, -0.1) is 0 Å². The number of rotatable bonds is 4. The first-order valence-electron chi connectivity index (χ1n) is 11.0. The third kappa shape index (κ3) is 2.87. The van der Waals surface area contributed by atoms with Crippen LogP contribution in [0.15, 0.2) is 46.0 Å². The third-order valence-corrected chi connectivity index (χ3v) is 7.15. The summed E-state index contributed by atoms with van der Waals surface area (Å²) in [5.41, 5.74) is 3.92. The van der Waals surface area contributed by atoms with Crippen molar-refractivity contribution in [2.24, 2.45) is 0 Å². The lowest BCUT2D eigenvalue weighted by atomic mass is 9.88. The van der Waals surface area contributed by atoms with Gasteiger partial charge in [-0.2, -0.15) is 0 Å². The minimum atomic E-state index is -0.532. The van der Waals surface area contributed by atoms with Crippen molar-refractivity contribution in [1.82, 2.24) is 14.5 Å². The average molecular weight is 419 g/mol. The second kappa shape index (κ2) is 7.07. The standard InChI is InChI=1S/C24H25N3O4/c28-20-13-31-22-14(4-1-7-16(20)22)5-3-10-26-11-9-19-17(12-26)15-6-2-8-18-21(15)27(19)24(30)23(29)25-18/h1-2,4,6-8,17,19-20,28H,3,5,9-13H2,(H,25,29)/t17-,19-,20?/m0/s1. The first-order chi connectivity index (χ1) is 15.1. The summed E-state index contributed by atoms with van der Waals surface area (Å²) in [5.74, 6) is 1.09. The fourth-order valence-corrected chi connectivity index (χ4v) is 5.74. The molecule has 7 nitrogen and oxygen atoms in total. The molecule has 4 heterocycles. The number of benzene rings is 2. The van der Waals surface area contributed by atoms with Gasteiger partial charge < -0.3 is 19.7 Å². The summed E-state index contributed by atoms with van der Waals surface area (Å²) in [7, 11) is 0. The van der Waals surface area contributed by atoms with Gasteiger partial charge in [0.25, 0.3) is 0 Å². The largest absolute Gasteiger partial charge is 0.490 e. The Morgan fingerprint density at radius 1 is 1.13 bits per heavy atom. The van der Waals surface area contributed by atoms with Gasteiger partial charge in [-0.25, -0.2) is 0 Å². The number of aryl methyl sites for hydroxylation is 1. The summed E-state index contributed by atoms with van der Waals surface area (Å²) >= 11 is 0.